The largest absolute Gasteiger partial charge is 0.318 e. The zero-order chi connectivity index (χ0) is 14.7. The fourth-order valence-electron chi connectivity index (χ4n) is 1.96. The maximum Gasteiger partial charge on any atom is 0.293 e. The van der Waals surface area contributed by atoms with Gasteiger partial charge in [0, 0.05) is 17.8 Å². The number of hydrogen-bond acceptors (Lipinski definition) is 5. The van der Waals surface area contributed by atoms with Crippen molar-refractivity contribution < 1.29 is 4.92 Å². The second-order valence-corrected chi connectivity index (χ2v) is 4.34. The molecule has 0 spiro atoms. The highest BCUT2D eigenvalue weighted by Gasteiger charge is 2.14. The van der Waals surface area contributed by atoms with Crippen LogP contribution in [-0.4, -0.2) is 9.49 Å². The quantitative estimate of drug-likeness (QED) is 0.498. The summed E-state index contributed by atoms with van der Waals surface area (Å²) in [6.45, 7) is 2.09. The van der Waals surface area contributed by atoms with Gasteiger partial charge in [0.15, 0.2) is 0 Å². The van der Waals surface area contributed by atoms with Gasteiger partial charge in [-0.05, 0) is 24.6 Å². The SMILES string of the molecule is Cc1cccc(=O)n1Cc1ccc(NN)c([N+](=O)[O-])c1. The summed E-state index contributed by atoms with van der Waals surface area (Å²) in [5, 5.41) is 11.0. The summed E-state index contributed by atoms with van der Waals surface area (Å²) >= 11 is 0. The Labute approximate surface area is 114 Å². The van der Waals surface area contributed by atoms with Gasteiger partial charge in [0.05, 0.1) is 11.5 Å². The van der Waals surface area contributed by atoms with Crippen LogP contribution in [0.15, 0.2) is 41.2 Å². The maximum atomic E-state index is 11.8. The van der Waals surface area contributed by atoms with Crippen molar-refractivity contribution in [2.75, 3.05) is 5.43 Å². The number of benzene rings is 1. The van der Waals surface area contributed by atoms with E-state index in [4.69, 9.17) is 5.84 Å². The van der Waals surface area contributed by atoms with E-state index in [0.717, 1.165) is 5.69 Å². The second kappa shape index (κ2) is 5.54. The summed E-state index contributed by atoms with van der Waals surface area (Å²) in [7, 11) is 0. The lowest BCUT2D eigenvalue weighted by molar-refractivity contribution is -0.384. The Balaban J connectivity index is 2.42. The highest BCUT2D eigenvalue weighted by atomic mass is 16.6. The van der Waals surface area contributed by atoms with Crippen molar-refractivity contribution in [2.24, 2.45) is 5.84 Å². The van der Waals surface area contributed by atoms with Gasteiger partial charge in [-0.1, -0.05) is 12.1 Å². The van der Waals surface area contributed by atoms with Crippen LogP contribution in [0, 0.1) is 17.0 Å². The summed E-state index contributed by atoms with van der Waals surface area (Å²) in [6, 6.07) is 9.58. The Bertz CT molecular complexity index is 709. The van der Waals surface area contributed by atoms with E-state index < -0.39 is 4.92 Å². The Morgan fingerprint density at radius 3 is 2.70 bits per heavy atom. The third-order valence-electron chi connectivity index (χ3n) is 3.02. The molecule has 0 fully saturated rings. The van der Waals surface area contributed by atoms with E-state index in [9.17, 15) is 14.9 Å². The minimum absolute atomic E-state index is 0.119. The summed E-state index contributed by atoms with van der Waals surface area (Å²) in [5.41, 5.74) is 3.70. The average molecular weight is 274 g/mol. The number of pyridine rings is 1. The first-order chi connectivity index (χ1) is 9.52. The van der Waals surface area contributed by atoms with Crippen molar-refractivity contribution in [3.8, 4) is 0 Å². The van der Waals surface area contributed by atoms with Gasteiger partial charge >= 0.3 is 0 Å². The summed E-state index contributed by atoms with van der Waals surface area (Å²) in [5.74, 6) is 5.23. The van der Waals surface area contributed by atoms with E-state index in [0.29, 0.717) is 5.56 Å². The van der Waals surface area contributed by atoms with Crippen LogP contribution in [0.3, 0.4) is 0 Å². The number of nitrogens with two attached hydrogens (primary N) is 1. The Morgan fingerprint density at radius 2 is 2.10 bits per heavy atom. The van der Waals surface area contributed by atoms with E-state index in [2.05, 4.69) is 5.43 Å². The summed E-state index contributed by atoms with van der Waals surface area (Å²) in [6.07, 6.45) is 0. The normalized spacial score (nSPS) is 10.3. The number of nitro groups is 1. The molecule has 0 aliphatic heterocycles. The zero-order valence-electron chi connectivity index (χ0n) is 10.9. The molecular formula is C13H14N4O3. The fourth-order valence-corrected chi connectivity index (χ4v) is 1.96. The molecule has 3 N–H and O–H groups in total. The molecule has 2 aromatic rings. The molecule has 0 aliphatic carbocycles. The van der Waals surface area contributed by atoms with Crippen molar-refractivity contribution in [2.45, 2.75) is 13.5 Å². The molecule has 1 aromatic heterocycles. The molecule has 1 heterocycles. The molecule has 0 saturated carbocycles. The predicted molar refractivity (Wildman–Crippen MR) is 75.4 cm³/mol. The molecule has 0 atom stereocenters. The number of hydrogen-bond donors (Lipinski definition) is 2. The van der Waals surface area contributed by atoms with Crippen LogP contribution in [0.25, 0.3) is 0 Å². The van der Waals surface area contributed by atoms with Crippen LogP contribution < -0.4 is 16.8 Å². The van der Waals surface area contributed by atoms with Gasteiger partial charge in [0.25, 0.3) is 11.2 Å². The molecule has 20 heavy (non-hydrogen) atoms. The van der Waals surface area contributed by atoms with Gasteiger partial charge in [-0.2, -0.15) is 0 Å². The molecule has 104 valence electrons. The molecule has 0 aliphatic rings. The molecular weight excluding hydrogens is 260 g/mol. The van der Waals surface area contributed by atoms with Crippen molar-refractivity contribution >= 4 is 11.4 Å². The number of hydrazine groups is 1. The molecule has 7 heteroatoms. The van der Waals surface area contributed by atoms with Crippen LogP contribution in [0.1, 0.15) is 11.3 Å². The fraction of sp³-hybridized carbons (Fsp3) is 0.154. The monoisotopic (exact) mass is 274 g/mol. The molecule has 0 unspecified atom stereocenters. The van der Waals surface area contributed by atoms with Gasteiger partial charge in [-0.3, -0.25) is 20.8 Å². The number of anilines is 1. The molecule has 0 amide bonds. The van der Waals surface area contributed by atoms with Crippen LogP contribution in [0.2, 0.25) is 0 Å². The Morgan fingerprint density at radius 1 is 1.35 bits per heavy atom. The van der Waals surface area contributed by atoms with Crippen LogP contribution in [0.5, 0.6) is 0 Å². The number of rotatable bonds is 4. The molecule has 2 rings (SSSR count). The van der Waals surface area contributed by atoms with Crippen molar-refractivity contribution in [3.05, 3.63) is 68.1 Å². The molecule has 0 radical (unpaired) electrons. The third-order valence-corrected chi connectivity index (χ3v) is 3.02. The van der Waals surface area contributed by atoms with E-state index in [1.54, 1.807) is 16.7 Å². The lowest BCUT2D eigenvalue weighted by atomic mass is 10.1. The second-order valence-electron chi connectivity index (χ2n) is 4.34. The predicted octanol–water partition coefficient (Wildman–Crippen LogP) is 1.40. The first-order valence-electron chi connectivity index (χ1n) is 5.93. The van der Waals surface area contributed by atoms with Crippen LogP contribution in [-0.2, 0) is 6.54 Å². The van der Waals surface area contributed by atoms with Crippen molar-refractivity contribution in [1.29, 1.82) is 0 Å². The molecule has 1 aromatic carbocycles. The highest BCUT2D eigenvalue weighted by molar-refractivity contribution is 5.61. The van der Waals surface area contributed by atoms with E-state index in [1.165, 1.54) is 18.2 Å². The first-order valence-corrected chi connectivity index (χ1v) is 5.93. The number of aryl methyl sites for hydroxylation is 1. The van der Waals surface area contributed by atoms with Crippen LogP contribution in [0.4, 0.5) is 11.4 Å². The lowest BCUT2D eigenvalue weighted by Gasteiger charge is -2.10. The first kappa shape index (κ1) is 13.8. The van der Waals surface area contributed by atoms with Gasteiger partial charge in [0.2, 0.25) is 0 Å². The number of nitrogens with one attached hydrogen (secondary N) is 1. The zero-order valence-corrected chi connectivity index (χ0v) is 10.9. The smallest absolute Gasteiger partial charge is 0.293 e. The van der Waals surface area contributed by atoms with Gasteiger partial charge in [0.1, 0.15) is 5.69 Å². The number of nitro benzene ring substituents is 1. The number of nitrogen functional groups attached to an aromatic ring is 1. The van der Waals surface area contributed by atoms with Gasteiger partial charge in [-0.25, -0.2) is 0 Å². The Kier molecular flexibility index (Phi) is 3.81. The average Bonchev–Trinajstić information content (AvgIpc) is 2.43. The van der Waals surface area contributed by atoms with Crippen molar-refractivity contribution in [1.82, 2.24) is 4.57 Å². The highest BCUT2D eigenvalue weighted by Crippen LogP contribution is 2.24. The number of aromatic nitrogens is 1. The minimum atomic E-state index is -0.515. The Hall–Kier alpha value is -2.67. The lowest BCUT2D eigenvalue weighted by Crippen LogP contribution is -2.21. The molecule has 0 saturated heterocycles. The minimum Gasteiger partial charge on any atom is -0.318 e. The van der Waals surface area contributed by atoms with E-state index in [1.807, 2.05) is 13.0 Å². The number of nitrogens with zero attached hydrogens (tertiary/aromatic N) is 2. The standard InChI is InChI=1S/C13H14N4O3/c1-9-3-2-4-13(18)16(9)8-10-5-6-11(15-14)12(7-10)17(19)20/h2-7,15H,8,14H2,1H3. The van der Waals surface area contributed by atoms with Gasteiger partial charge < -0.3 is 9.99 Å². The summed E-state index contributed by atoms with van der Waals surface area (Å²) < 4.78 is 1.55. The van der Waals surface area contributed by atoms with Crippen LogP contribution >= 0.6 is 0 Å². The molecule has 0 bridgehead atoms. The summed E-state index contributed by atoms with van der Waals surface area (Å²) in [4.78, 5) is 22.2. The third kappa shape index (κ3) is 2.67. The molecule has 7 nitrogen and oxygen atoms in total. The van der Waals surface area contributed by atoms with E-state index >= 15 is 0 Å². The maximum absolute atomic E-state index is 11.8. The van der Waals surface area contributed by atoms with Crippen molar-refractivity contribution in [3.63, 3.8) is 0 Å². The topological polar surface area (TPSA) is 103 Å². The van der Waals surface area contributed by atoms with E-state index in [-0.39, 0.29) is 23.5 Å². The van der Waals surface area contributed by atoms with Gasteiger partial charge in [-0.15, -0.1) is 0 Å².